The van der Waals surface area contributed by atoms with Gasteiger partial charge in [-0.05, 0) is 47.9 Å². The molecule has 0 spiro atoms. The highest BCUT2D eigenvalue weighted by molar-refractivity contribution is 6.77. The maximum absolute atomic E-state index is 6.64. The zero-order valence-corrected chi connectivity index (χ0v) is 14.8. The van der Waals surface area contributed by atoms with Crippen LogP contribution in [0.5, 0.6) is 0 Å². The van der Waals surface area contributed by atoms with Gasteiger partial charge in [-0.25, -0.2) is 0 Å². The Morgan fingerprint density at radius 1 is 1.05 bits per heavy atom. The Kier molecular flexibility index (Phi) is 5.91. The van der Waals surface area contributed by atoms with E-state index in [1.54, 1.807) is 0 Å². The van der Waals surface area contributed by atoms with E-state index in [2.05, 4.69) is 54.2 Å². The molecule has 0 aliphatic heterocycles. The van der Waals surface area contributed by atoms with Crippen molar-refractivity contribution in [1.82, 2.24) is 0 Å². The molecule has 1 aliphatic carbocycles. The molecule has 2 heteroatoms. The molecule has 0 unspecified atom stereocenters. The van der Waals surface area contributed by atoms with Crippen LogP contribution in [0.25, 0.3) is 0 Å². The Balaban J connectivity index is 2.94. The van der Waals surface area contributed by atoms with Crippen molar-refractivity contribution < 1.29 is 4.43 Å². The molecule has 0 N–H and O–H groups in total. The van der Waals surface area contributed by atoms with Gasteiger partial charge in [0.25, 0.3) is 8.32 Å². The monoisotopic (exact) mass is 280 g/mol. The highest BCUT2D eigenvalue weighted by Gasteiger charge is 2.47. The molecular weight excluding hydrogens is 248 g/mol. The standard InChI is InChI=1S/C17H32OSi/c1-13(2)19(14(3)4,15(5)6)18-16(7)17-11-9-8-10-12-17/h11,13-15H,7-10,12H2,1-6H3. The van der Waals surface area contributed by atoms with Gasteiger partial charge in [-0.1, -0.05) is 54.2 Å². The Morgan fingerprint density at radius 3 is 1.95 bits per heavy atom. The van der Waals surface area contributed by atoms with Crippen LogP contribution in [0.1, 0.15) is 67.2 Å². The molecule has 0 radical (unpaired) electrons. The molecule has 0 aromatic rings. The van der Waals surface area contributed by atoms with E-state index in [1.807, 2.05) is 0 Å². The molecule has 0 aromatic carbocycles. The molecule has 0 heterocycles. The molecule has 0 saturated heterocycles. The van der Waals surface area contributed by atoms with Crippen LogP contribution in [0, 0.1) is 0 Å². The Morgan fingerprint density at radius 2 is 1.58 bits per heavy atom. The zero-order chi connectivity index (χ0) is 14.6. The first kappa shape index (κ1) is 16.6. The van der Waals surface area contributed by atoms with Crippen LogP contribution in [0.3, 0.4) is 0 Å². The summed E-state index contributed by atoms with van der Waals surface area (Å²) in [5.41, 5.74) is 3.22. The van der Waals surface area contributed by atoms with E-state index >= 15 is 0 Å². The SMILES string of the molecule is C=C(O[Si](C(C)C)(C(C)C)C(C)C)C1=CCCCC1. The van der Waals surface area contributed by atoms with E-state index in [0.29, 0.717) is 16.6 Å². The average Bonchev–Trinajstić information content (AvgIpc) is 2.35. The van der Waals surface area contributed by atoms with Gasteiger partial charge in [0.15, 0.2) is 0 Å². The summed E-state index contributed by atoms with van der Waals surface area (Å²) in [6, 6.07) is 0. The third-order valence-electron chi connectivity index (χ3n) is 4.66. The van der Waals surface area contributed by atoms with Gasteiger partial charge >= 0.3 is 0 Å². The highest BCUT2D eigenvalue weighted by atomic mass is 28.4. The van der Waals surface area contributed by atoms with Crippen LogP contribution in [0.2, 0.25) is 16.6 Å². The summed E-state index contributed by atoms with van der Waals surface area (Å²) in [6.45, 7) is 18.2. The first-order valence-electron chi connectivity index (χ1n) is 7.89. The van der Waals surface area contributed by atoms with Crippen molar-refractivity contribution >= 4 is 8.32 Å². The molecule has 0 atom stereocenters. The second kappa shape index (κ2) is 6.78. The summed E-state index contributed by atoms with van der Waals surface area (Å²) < 4.78 is 6.64. The molecule has 0 fully saturated rings. The van der Waals surface area contributed by atoms with Gasteiger partial charge in [-0.15, -0.1) is 0 Å². The minimum atomic E-state index is -1.82. The van der Waals surface area contributed by atoms with E-state index < -0.39 is 8.32 Å². The lowest BCUT2D eigenvalue weighted by Gasteiger charge is -2.43. The number of rotatable bonds is 6. The van der Waals surface area contributed by atoms with Gasteiger partial charge in [-0.3, -0.25) is 0 Å². The summed E-state index contributed by atoms with van der Waals surface area (Å²) in [5.74, 6) is 0.975. The van der Waals surface area contributed by atoms with Crippen molar-refractivity contribution in [2.75, 3.05) is 0 Å². The van der Waals surface area contributed by atoms with Gasteiger partial charge in [0.05, 0.1) is 5.76 Å². The summed E-state index contributed by atoms with van der Waals surface area (Å²) in [6.07, 6.45) is 7.28. The van der Waals surface area contributed by atoms with Gasteiger partial charge in [0.2, 0.25) is 0 Å². The summed E-state index contributed by atoms with van der Waals surface area (Å²) >= 11 is 0. The maximum atomic E-state index is 6.64. The lowest BCUT2D eigenvalue weighted by molar-refractivity contribution is 0.376. The molecule has 19 heavy (non-hydrogen) atoms. The van der Waals surface area contributed by atoms with E-state index in [9.17, 15) is 0 Å². The van der Waals surface area contributed by atoms with Gasteiger partial charge in [-0.2, -0.15) is 0 Å². The molecule has 0 saturated carbocycles. The first-order valence-corrected chi connectivity index (χ1v) is 10.0. The van der Waals surface area contributed by atoms with Crippen molar-refractivity contribution in [3.8, 4) is 0 Å². The Labute approximate surface area is 121 Å². The van der Waals surface area contributed by atoms with Gasteiger partial charge < -0.3 is 4.43 Å². The van der Waals surface area contributed by atoms with Crippen molar-refractivity contribution in [2.45, 2.75) is 83.8 Å². The van der Waals surface area contributed by atoms with E-state index in [4.69, 9.17) is 4.43 Å². The van der Waals surface area contributed by atoms with E-state index in [1.165, 1.54) is 24.8 Å². The zero-order valence-electron chi connectivity index (χ0n) is 13.8. The van der Waals surface area contributed by atoms with Gasteiger partial charge in [0.1, 0.15) is 0 Å². The van der Waals surface area contributed by atoms with E-state index in [-0.39, 0.29) is 0 Å². The second-order valence-corrected chi connectivity index (χ2v) is 12.2. The summed E-state index contributed by atoms with van der Waals surface area (Å²) in [7, 11) is -1.82. The molecule has 1 nitrogen and oxygen atoms in total. The Bertz CT molecular complexity index is 317. The topological polar surface area (TPSA) is 9.23 Å². The molecule has 1 rings (SSSR count). The second-order valence-electron chi connectivity index (χ2n) is 6.82. The summed E-state index contributed by atoms with van der Waals surface area (Å²) in [5, 5.41) is 0. The number of hydrogen-bond acceptors (Lipinski definition) is 1. The maximum Gasteiger partial charge on any atom is 0.258 e. The predicted molar refractivity (Wildman–Crippen MR) is 87.8 cm³/mol. The largest absolute Gasteiger partial charge is 0.543 e. The summed E-state index contributed by atoms with van der Waals surface area (Å²) in [4.78, 5) is 0. The third-order valence-corrected chi connectivity index (χ3v) is 10.7. The average molecular weight is 281 g/mol. The van der Waals surface area contributed by atoms with Crippen LogP contribution in [0.15, 0.2) is 24.0 Å². The molecule has 0 amide bonds. The molecule has 110 valence electrons. The quantitative estimate of drug-likeness (QED) is 0.416. The lowest BCUT2D eigenvalue weighted by Crippen LogP contribution is -2.47. The van der Waals surface area contributed by atoms with Crippen LogP contribution in [-0.4, -0.2) is 8.32 Å². The fourth-order valence-corrected chi connectivity index (χ4v) is 8.99. The normalized spacial score (nSPS) is 17.0. The highest BCUT2D eigenvalue weighted by Crippen LogP contribution is 2.44. The fourth-order valence-electron chi connectivity index (χ4n) is 3.72. The van der Waals surface area contributed by atoms with Crippen LogP contribution >= 0.6 is 0 Å². The van der Waals surface area contributed by atoms with Crippen LogP contribution < -0.4 is 0 Å². The smallest absolute Gasteiger partial charge is 0.258 e. The van der Waals surface area contributed by atoms with Crippen molar-refractivity contribution in [3.05, 3.63) is 24.0 Å². The fraction of sp³-hybridized carbons (Fsp3) is 0.765. The van der Waals surface area contributed by atoms with Crippen molar-refractivity contribution in [3.63, 3.8) is 0 Å². The van der Waals surface area contributed by atoms with Crippen molar-refractivity contribution in [2.24, 2.45) is 0 Å². The minimum Gasteiger partial charge on any atom is -0.543 e. The minimum absolute atomic E-state index is 0.619. The lowest BCUT2D eigenvalue weighted by atomic mass is 9.99. The number of hydrogen-bond donors (Lipinski definition) is 0. The first-order chi connectivity index (χ1) is 8.82. The predicted octanol–water partition coefficient (Wildman–Crippen LogP) is 6.19. The number of allylic oxidation sites excluding steroid dienone is 2. The van der Waals surface area contributed by atoms with E-state index in [0.717, 1.165) is 12.2 Å². The third kappa shape index (κ3) is 3.53. The van der Waals surface area contributed by atoms with Crippen LogP contribution in [0.4, 0.5) is 0 Å². The van der Waals surface area contributed by atoms with Crippen molar-refractivity contribution in [1.29, 1.82) is 0 Å². The van der Waals surface area contributed by atoms with Crippen LogP contribution in [-0.2, 0) is 4.43 Å². The molecular formula is C17H32OSi. The molecule has 0 bridgehead atoms. The molecule has 1 aliphatic rings. The van der Waals surface area contributed by atoms with Gasteiger partial charge in [0, 0.05) is 0 Å². The Hall–Kier alpha value is -0.503. The molecule has 0 aromatic heterocycles.